The lowest BCUT2D eigenvalue weighted by molar-refractivity contribution is -0.122. The molecule has 30 heavy (non-hydrogen) atoms. The van der Waals surface area contributed by atoms with Crippen molar-refractivity contribution in [2.75, 3.05) is 33.2 Å². The van der Waals surface area contributed by atoms with Gasteiger partial charge in [0.1, 0.15) is 0 Å². The van der Waals surface area contributed by atoms with Crippen LogP contribution < -0.4 is 24.3 Å². The highest BCUT2D eigenvalue weighted by Gasteiger charge is 2.36. The molecule has 7 heteroatoms. The van der Waals surface area contributed by atoms with Gasteiger partial charge in [0, 0.05) is 19.1 Å². The second-order valence-electron chi connectivity index (χ2n) is 7.95. The van der Waals surface area contributed by atoms with Gasteiger partial charge >= 0.3 is 0 Å². The quantitative estimate of drug-likeness (QED) is 0.789. The summed E-state index contributed by atoms with van der Waals surface area (Å²) in [5.74, 6) is 3.50. The Balaban J connectivity index is 1.40. The number of carbonyl (C=O) groups is 1. The molecule has 0 saturated carbocycles. The van der Waals surface area contributed by atoms with Crippen LogP contribution >= 0.6 is 0 Å². The Morgan fingerprint density at radius 2 is 1.60 bits per heavy atom. The second kappa shape index (κ2) is 8.07. The normalized spacial score (nSPS) is 21.8. The van der Waals surface area contributed by atoms with E-state index in [9.17, 15) is 4.79 Å². The predicted octanol–water partition coefficient (Wildman–Crippen LogP) is 3.20. The summed E-state index contributed by atoms with van der Waals surface area (Å²) in [6.07, 6.45) is 1.84. The number of fused-ring (bicyclic) bond motifs is 2. The number of likely N-dealkylation sites (tertiary alicyclic amines) is 1. The fraction of sp³-hybridized carbons (Fsp3) is 0.435. The Labute approximate surface area is 175 Å². The Bertz CT molecular complexity index is 947. The van der Waals surface area contributed by atoms with E-state index in [1.54, 1.807) is 0 Å². The van der Waals surface area contributed by atoms with Crippen LogP contribution in [0, 0.1) is 0 Å². The molecule has 2 unspecified atom stereocenters. The lowest BCUT2D eigenvalue weighted by Crippen LogP contribution is -2.37. The molecule has 5 rings (SSSR count). The summed E-state index contributed by atoms with van der Waals surface area (Å²) in [6.45, 7) is 4.46. The summed E-state index contributed by atoms with van der Waals surface area (Å²) >= 11 is 0. The Hall–Kier alpha value is -2.93. The molecule has 2 aromatic carbocycles. The first-order chi connectivity index (χ1) is 14.7. The molecule has 2 aromatic rings. The van der Waals surface area contributed by atoms with E-state index in [0.29, 0.717) is 19.0 Å². The number of carbonyl (C=O) groups excluding carboxylic acids is 1. The molecule has 3 heterocycles. The first kappa shape index (κ1) is 19.1. The zero-order chi connectivity index (χ0) is 20.5. The number of hydrogen-bond donors (Lipinski definition) is 1. The molecule has 1 saturated heterocycles. The smallest absolute Gasteiger partial charge is 0.234 e. The van der Waals surface area contributed by atoms with E-state index in [4.69, 9.17) is 18.9 Å². The van der Waals surface area contributed by atoms with Crippen LogP contribution in [0.1, 0.15) is 42.9 Å². The van der Waals surface area contributed by atoms with Crippen molar-refractivity contribution in [3.63, 3.8) is 0 Å². The van der Waals surface area contributed by atoms with E-state index in [1.807, 2.05) is 18.2 Å². The van der Waals surface area contributed by atoms with Crippen molar-refractivity contribution in [3.8, 4) is 23.0 Å². The number of ether oxygens (including phenoxy) is 4. The Morgan fingerprint density at radius 1 is 0.967 bits per heavy atom. The molecule has 7 nitrogen and oxygen atoms in total. The number of rotatable bonds is 6. The molecule has 1 N–H and O–H groups in total. The van der Waals surface area contributed by atoms with E-state index in [-0.39, 0.29) is 25.5 Å². The van der Waals surface area contributed by atoms with Crippen LogP contribution in [-0.4, -0.2) is 44.0 Å². The highest BCUT2D eigenvalue weighted by molar-refractivity contribution is 5.78. The van der Waals surface area contributed by atoms with Gasteiger partial charge in [0.2, 0.25) is 19.5 Å². The first-order valence-corrected chi connectivity index (χ1v) is 10.5. The van der Waals surface area contributed by atoms with Gasteiger partial charge in [0.05, 0.1) is 6.54 Å². The number of hydrogen-bond acceptors (Lipinski definition) is 6. The standard InChI is InChI=1S/C23H26N2O5/c1-2-7-24-23(26)12-25-11-17(15-3-5-19-21(9-15)29-13-27-19)8-18(25)16-4-6-20-22(10-16)30-14-28-20/h3-6,9-10,17-18H,2,7-8,11-14H2,1H3,(H,24,26). The fourth-order valence-corrected chi connectivity index (χ4v) is 4.46. The van der Waals surface area contributed by atoms with Crippen LogP contribution in [0.25, 0.3) is 0 Å². The summed E-state index contributed by atoms with van der Waals surface area (Å²) < 4.78 is 22.1. The van der Waals surface area contributed by atoms with Gasteiger partial charge in [-0.05, 0) is 54.2 Å². The lowest BCUT2D eigenvalue weighted by atomic mass is 9.93. The van der Waals surface area contributed by atoms with Crippen molar-refractivity contribution >= 4 is 5.91 Å². The van der Waals surface area contributed by atoms with E-state index >= 15 is 0 Å². The Kier molecular flexibility index (Phi) is 5.12. The molecule has 0 aliphatic carbocycles. The minimum atomic E-state index is 0.0638. The molecule has 1 fully saturated rings. The first-order valence-electron chi connectivity index (χ1n) is 10.5. The van der Waals surface area contributed by atoms with Gasteiger partial charge in [-0.25, -0.2) is 0 Å². The van der Waals surface area contributed by atoms with Crippen LogP contribution in [-0.2, 0) is 4.79 Å². The number of nitrogens with zero attached hydrogens (tertiary/aromatic N) is 1. The maximum Gasteiger partial charge on any atom is 0.234 e. The summed E-state index contributed by atoms with van der Waals surface area (Å²) in [4.78, 5) is 14.7. The molecule has 1 amide bonds. The maximum absolute atomic E-state index is 12.5. The Morgan fingerprint density at radius 3 is 2.30 bits per heavy atom. The zero-order valence-corrected chi connectivity index (χ0v) is 17.1. The van der Waals surface area contributed by atoms with Gasteiger partial charge in [-0.2, -0.15) is 0 Å². The summed E-state index contributed by atoms with van der Waals surface area (Å²) in [5.41, 5.74) is 2.35. The molecule has 3 aliphatic rings. The van der Waals surface area contributed by atoms with Crippen molar-refractivity contribution in [3.05, 3.63) is 47.5 Å². The SMILES string of the molecule is CCCNC(=O)CN1CC(c2ccc3c(c2)OCO3)CC1c1ccc2c(c1)OCO2. The van der Waals surface area contributed by atoms with Crippen molar-refractivity contribution in [2.24, 2.45) is 0 Å². The monoisotopic (exact) mass is 410 g/mol. The van der Waals surface area contributed by atoms with Gasteiger partial charge in [-0.15, -0.1) is 0 Å². The van der Waals surface area contributed by atoms with E-state index in [0.717, 1.165) is 47.9 Å². The van der Waals surface area contributed by atoms with E-state index in [2.05, 4.69) is 35.3 Å². The predicted molar refractivity (Wildman–Crippen MR) is 110 cm³/mol. The third-order valence-electron chi connectivity index (χ3n) is 5.97. The van der Waals surface area contributed by atoms with Crippen molar-refractivity contribution < 1.29 is 23.7 Å². The van der Waals surface area contributed by atoms with Gasteiger partial charge in [-0.3, -0.25) is 9.69 Å². The molecule has 2 atom stereocenters. The van der Waals surface area contributed by atoms with E-state index in [1.165, 1.54) is 5.56 Å². The van der Waals surface area contributed by atoms with Crippen molar-refractivity contribution in [2.45, 2.75) is 31.7 Å². The average Bonchev–Trinajstić information content (AvgIpc) is 3.50. The second-order valence-corrected chi connectivity index (χ2v) is 7.95. The third kappa shape index (κ3) is 3.65. The van der Waals surface area contributed by atoms with E-state index < -0.39 is 0 Å². The van der Waals surface area contributed by atoms with Gasteiger partial charge in [0.25, 0.3) is 0 Å². The van der Waals surface area contributed by atoms with Gasteiger partial charge in [0.15, 0.2) is 23.0 Å². The summed E-state index contributed by atoms with van der Waals surface area (Å²) in [7, 11) is 0. The maximum atomic E-state index is 12.5. The highest BCUT2D eigenvalue weighted by atomic mass is 16.7. The average molecular weight is 410 g/mol. The number of benzene rings is 2. The number of amides is 1. The molecular weight excluding hydrogens is 384 g/mol. The lowest BCUT2D eigenvalue weighted by Gasteiger charge is -2.24. The van der Waals surface area contributed by atoms with Crippen LogP contribution in [0.4, 0.5) is 0 Å². The molecule has 158 valence electrons. The van der Waals surface area contributed by atoms with Crippen LogP contribution in [0.3, 0.4) is 0 Å². The summed E-state index contributed by atoms with van der Waals surface area (Å²) in [6, 6.07) is 12.4. The largest absolute Gasteiger partial charge is 0.454 e. The fourth-order valence-electron chi connectivity index (χ4n) is 4.46. The topological polar surface area (TPSA) is 69.3 Å². The van der Waals surface area contributed by atoms with Crippen LogP contribution in [0.5, 0.6) is 23.0 Å². The molecule has 0 aromatic heterocycles. The van der Waals surface area contributed by atoms with Crippen LogP contribution in [0.2, 0.25) is 0 Å². The molecule has 0 bridgehead atoms. The highest BCUT2D eigenvalue weighted by Crippen LogP contribution is 2.45. The number of nitrogens with one attached hydrogen (secondary N) is 1. The van der Waals surface area contributed by atoms with Gasteiger partial charge in [-0.1, -0.05) is 19.1 Å². The molecule has 0 spiro atoms. The van der Waals surface area contributed by atoms with Crippen LogP contribution in [0.15, 0.2) is 36.4 Å². The minimum absolute atomic E-state index is 0.0638. The third-order valence-corrected chi connectivity index (χ3v) is 5.97. The zero-order valence-electron chi connectivity index (χ0n) is 17.1. The molecule has 0 radical (unpaired) electrons. The summed E-state index contributed by atoms with van der Waals surface area (Å²) in [5, 5.41) is 3.00. The minimum Gasteiger partial charge on any atom is -0.454 e. The van der Waals surface area contributed by atoms with Crippen molar-refractivity contribution in [1.29, 1.82) is 0 Å². The van der Waals surface area contributed by atoms with Crippen molar-refractivity contribution in [1.82, 2.24) is 10.2 Å². The molecular formula is C23H26N2O5. The molecule has 3 aliphatic heterocycles. The van der Waals surface area contributed by atoms with Gasteiger partial charge < -0.3 is 24.3 Å².